The molecule has 1 amide bonds. The zero-order valence-corrected chi connectivity index (χ0v) is 13.4. The third kappa shape index (κ3) is 8.86. The Hall–Kier alpha value is -0.780. The second-order valence-corrected chi connectivity index (χ2v) is 5.44. The van der Waals surface area contributed by atoms with E-state index in [1.807, 2.05) is 30.3 Å². The Morgan fingerprint density at radius 3 is 2.58 bits per heavy atom. The lowest BCUT2D eigenvalue weighted by molar-refractivity contribution is -0.121. The summed E-state index contributed by atoms with van der Waals surface area (Å²) in [6, 6.07) is 9.57. The van der Waals surface area contributed by atoms with Crippen LogP contribution in [0.25, 0.3) is 0 Å². The number of hydrogen-bond acceptors (Lipinski definition) is 2. The number of para-hydroxylation sites is 1. The third-order valence-corrected chi connectivity index (χ3v) is 3.49. The molecule has 0 spiro atoms. The first-order valence-corrected chi connectivity index (χ1v) is 8.36. The average Bonchev–Trinajstić information content (AvgIpc) is 2.44. The minimum absolute atomic E-state index is 0.0739. The number of benzene rings is 1. The topological polar surface area (TPSA) is 38.3 Å². The first-order chi connectivity index (χ1) is 9.33. The Balaban J connectivity index is 1.96. The molecule has 0 bridgehead atoms. The van der Waals surface area contributed by atoms with Crippen LogP contribution in [0.3, 0.4) is 0 Å². The van der Waals surface area contributed by atoms with Gasteiger partial charge in [-0.2, -0.15) is 0 Å². The molecule has 0 saturated carbocycles. The zero-order valence-electron chi connectivity index (χ0n) is 11.2. The Labute approximate surface area is 129 Å². The van der Waals surface area contributed by atoms with Gasteiger partial charge in [0.25, 0.3) is 0 Å². The Morgan fingerprint density at radius 2 is 1.84 bits per heavy atom. The van der Waals surface area contributed by atoms with Crippen molar-refractivity contribution in [3.8, 4) is 5.75 Å². The summed E-state index contributed by atoms with van der Waals surface area (Å²) in [4.78, 5) is 11.5. The maximum Gasteiger partial charge on any atom is 0.223 e. The first-order valence-electron chi connectivity index (χ1n) is 6.83. The number of unbranched alkanes of at least 4 members (excludes halogenated alkanes) is 3. The van der Waals surface area contributed by atoms with Crippen LogP contribution >= 0.6 is 22.6 Å². The second kappa shape index (κ2) is 11.1. The molecular weight excluding hydrogens is 353 g/mol. The maximum atomic E-state index is 11.5. The molecular formula is C15H22INO2. The molecule has 0 fully saturated rings. The summed E-state index contributed by atoms with van der Waals surface area (Å²) in [7, 11) is 0. The summed E-state index contributed by atoms with van der Waals surface area (Å²) in [6.45, 7) is 1.22. The minimum Gasteiger partial charge on any atom is -0.493 e. The molecule has 106 valence electrons. The van der Waals surface area contributed by atoms with E-state index in [0.29, 0.717) is 13.0 Å². The van der Waals surface area contributed by atoms with Crippen LogP contribution in [-0.2, 0) is 4.79 Å². The third-order valence-electron chi connectivity index (χ3n) is 2.72. The number of hydrogen-bond donors (Lipinski definition) is 1. The molecule has 0 aliphatic heterocycles. The van der Waals surface area contributed by atoms with Crippen molar-refractivity contribution in [1.29, 1.82) is 0 Å². The lowest BCUT2D eigenvalue weighted by Gasteiger charge is -2.07. The van der Waals surface area contributed by atoms with Crippen molar-refractivity contribution in [2.24, 2.45) is 0 Å². The van der Waals surface area contributed by atoms with Gasteiger partial charge in [0, 0.05) is 6.54 Å². The van der Waals surface area contributed by atoms with E-state index in [2.05, 4.69) is 27.9 Å². The van der Waals surface area contributed by atoms with Crippen LogP contribution in [0, 0.1) is 0 Å². The standard InChI is InChI=1S/C15H22INO2/c16-11-6-1-2-7-12-17-15(18)10-13-19-14-8-4-3-5-9-14/h3-5,8-9H,1-2,6-7,10-13H2,(H,17,18). The molecule has 0 aromatic heterocycles. The van der Waals surface area contributed by atoms with Gasteiger partial charge in [-0.3, -0.25) is 4.79 Å². The second-order valence-electron chi connectivity index (χ2n) is 4.36. The van der Waals surface area contributed by atoms with E-state index in [4.69, 9.17) is 4.74 Å². The zero-order chi connectivity index (χ0) is 13.8. The van der Waals surface area contributed by atoms with Gasteiger partial charge < -0.3 is 10.1 Å². The molecule has 4 heteroatoms. The van der Waals surface area contributed by atoms with Crippen molar-refractivity contribution < 1.29 is 9.53 Å². The van der Waals surface area contributed by atoms with Crippen LogP contribution < -0.4 is 10.1 Å². The predicted octanol–water partition coefficient (Wildman–Crippen LogP) is 3.57. The van der Waals surface area contributed by atoms with Crippen molar-refractivity contribution in [3.63, 3.8) is 0 Å². The van der Waals surface area contributed by atoms with E-state index >= 15 is 0 Å². The quantitative estimate of drug-likeness (QED) is 0.386. The van der Waals surface area contributed by atoms with E-state index in [1.165, 1.54) is 23.7 Å². The fourth-order valence-corrected chi connectivity index (χ4v) is 2.21. The molecule has 1 N–H and O–H groups in total. The lowest BCUT2D eigenvalue weighted by atomic mass is 10.2. The molecule has 19 heavy (non-hydrogen) atoms. The number of carbonyl (C=O) groups is 1. The van der Waals surface area contributed by atoms with Crippen LogP contribution in [-0.4, -0.2) is 23.5 Å². The van der Waals surface area contributed by atoms with Gasteiger partial charge in [0.15, 0.2) is 0 Å². The van der Waals surface area contributed by atoms with Crippen molar-refractivity contribution in [2.75, 3.05) is 17.6 Å². The number of halogens is 1. The Kier molecular flexibility index (Phi) is 9.49. The highest BCUT2D eigenvalue weighted by Crippen LogP contribution is 2.08. The molecule has 0 aliphatic rings. The molecule has 0 aliphatic carbocycles. The number of amides is 1. The van der Waals surface area contributed by atoms with Crippen molar-refractivity contribution in [3.05, 3.63) is 30.3 Å². The Morgan fingerprint density at radius 1 is 1.11 bits per heavy atom. The lowest BCUT2D eigenvalue weighted by Crippen LogP contribution is -2.25. The van der Waals surface area contributed by atoms with Gasteiger partial charge in [-0.15, -0.1) is 0 Å². The highest BCUT2D eigenvalue weighted by atomic mass is 127. The number of rotatable bonds is 10. The first kappa shape index (κ1) is 16.3. The van der Waals surface area contributed by atoms with Crippen LogP contribution in [0.5, 0.6) is 5.75 Å². The fourth-order valence-electron chi connectivity index (χ4n) is 1.67. The molecule has 1 rings (SSSR count). The predicted molar refractivity (Wildman–Crippen MR) is 86.9 cm³/mol. The summed E-state index contributed by atoms with van der Waals surface area (Å²) in [6.07, 6.45) is 5.23. The number of alkyl halides is 1. The summed E-state index contributed by atoms with van der Waals surface area (Å²) in [5, 5.41) is 2.93. The summed E-state index contributed by atoms with van der Waals surface area (Å²) >= 11 is 2.40. The van der Waals surface area contributed by atoms with E-state index < -0.39 is 0 Å². The molecule has 0 heterocycles. The van der Waals surface area contributed by atoms with Crippen molar-refractivity contribution in [2.45, 2.75) is 32.1 Å². The highest BCUT2D eigenvalue weighted by molar-refractivity contribution is 14.1. The monoisotopic (exact) mass is 375 g/mol. The Bertz CT molecular complexity index is 343. The fraction of sp³-hybridized carbons (Fsp3) is 0.533. The van der Waals surface area contributed by atoms with Crippen LogP contribution in [0.2, 0.25) is 0 Å². The van der Waals surface area contributed by atoms with Crippen LogP contribution in [0.4, 0.5) is 0 Å². The largest absolute Gasteiger partial charge is 0.493 e. The highest BCUT2D eigenvalue weighted by Gasteiger charge is 2.01. The number of carbonyl (C=O) groups excluding carboxylic acids is 1. The summed E-state index contributed by atoms with van der Waals surface area (Å²) in [5.41, 5.74) is 0. The minimum atomic E-state index is 0.0739. The van der Waals surface area contributed by atoms with Crippen LogP contribution in [0.1, 0.15) is 32.1 Å². The number of nitrogens with one attached hydrogen (secondary N) is 1. The molecule has 0 radical (unpaired) electrons. The van der Waals surface area contributed by atoms with Gasteiger partial charge in [0.2, 0.25) is 5.91 Å². The van der Waals surface area contributed by atoms with E-state index in [9.17, 15) is 4.79 Å². The van der Waals surface area contributed by atoms with Gasteiger partial charge in [-0.05, 0) is 29.4 Å². The van der Waals surface area contributed by atoms with E-state index in [0.717, 1.165) is 18.7 Å². The van der Waals surface area contributed by atoms with Crippen LogP contribution in [0.15, 0.2) is 30.3 Å². The summed E-state index contributed by atoms with van der Waals surface area (Å²) < 4.78 is 6.70. The van der Waals surface area contributed by atoms with E-state index in [1.54, 1.807) is 0 Å². The van der Waals surface area contributed by atoms with Gasteiger partial charge in [-0.25, -0.2) is 0 Å². The SMILES string of the molecule is O=C(CCOc1ccccc1)NCCCCCCI. The molecule has 1 aromatic carbocycles. The molecule has 0 unspecified atom stereocenters. The van der Waals surface area contributed by atoms with Gasteiger partial charge in [0.05, 0.1) is 13.0 Å². The van der Waals surface area contributed by atoms with Crippen molar-refractivity contribution in [1.82, 2.24) is 5.32 Å². The number of ether oxygens (including phenoxy) is 1. The maximum absolute atomic E-state index is 11.5. The van der Waals surface area contributed by atoms with Gasteiger partial charge in [0.1, 0.15) is 5.75 Å². The van der Waals surface area contributed by atoms with Gasteiger partial charge >= 0.3 is 0 Å². The van der Waals surface area contributed by atoms with Gasteiger partial charge in [-0.1, -0.05) is 53.6 Å². The molecule has 3 nitrogen and oxygen atoms in total. The molecule has 0 saturated heterocycles. The molecule has 1 aromatic rings. The molecule has 0 atom stereocenters. The van der Waals surface area contributed by atoms with E-state index in [-0.39, 0.29) is 5.91 Å². The van der Waals surface area contributed by atoms with Crippen molar-refractivity contribution >= 4 is 28.5 Å². The normalized spacial score (nSPS) is 10.2. The average molecular weight is 375 g/mol. The summed E-state index contributed by atoms with van der Waals surface area (Å²) in [5.74, 6) is 0.888. The smallest absolute Gasteiger partial charge is 0.223 e.